The number of benzene rings is 2. The van der Waals surface area contributed by atoms with Gasteiger partial charge in [0, 0.05) is 23.6 Å². The third-order valence-electron chi connectivity index (χ3n) is 4.69. The van der Waals surface area contributed by atoms with Crippen molar-refractivity contribution in [1.82, 2.24) is 10.3 Å². The molecule has 0 spiro atoms. The fourth-order valence-corrected chi connectivity index (χ4v) is 3.37. The second-order valence-corrected chi connectivity index (χ2v) is 6.36. The second-order valence-electron chi connectivity index (χ2n) is 6.36. The van der Waals surface area contributed by atoms with E-state index in [-0.39, 0.29) is 18.2 Å². The molecule has 1 aromatic heterocycles. The second kappa shape index (κ2) is 6.72. The SMILES string of the molecule is O=C1C[C@@H](NCCc2c[nH]c3ccccc23)C(=O)N1c1ccc(F)cc1. The van der Waals surface area contributed by atoms with Crippen molar-refractivity contribution in [3.63, 3.8) is 0 Å². The highest BCUT2D eigenvalue weighted by molar-refractivity contribution is 6.22. The van der Waals surface area contributed by atoms with E-state index in [0.29, 0.717) is 12.2 Å². The Morgan fingerprint density at radius 1 is 1.12 bits per heavy atom. The summed E-state index contributed by atoms with van der Waals surface area (Å²) < 4.78 is 13.1. The molecule has 1 saturated heterocycles. The van der Waals surface area contributed by atoms with Crippen LogP contribution in [0.4, 0.5) is 10.1 Å². The summed E-state index contributed by atoms with van der Waals surface area (Å²) in [5, 5.41) is 4.34. The average molecular weight is 351 g/mol. The van der Waals surface area contributed by atoms with E-state index in [2.05, 4.69) is 16.4 Å². The molecule has 0 bridgehead atoms. The van der Waals surface area contributed by atoms with Crippen molar-refractivity contribution < 1.29 is 14.0 Å². The highest BCUT2D eigenvalue weighted by atomic mass is 19.1. The molecule has 2 N–H and O–H groups in total. The Morgan fingerprint density at radius 2 is 1.88 bits per heavy atom. The number of carbonyl (C=O) groups is 2. The van der Waals surface area contributed by atoms with E-state index >= 15 is 0 Å². The van der Waals surface area contributed by atoms with Crippen LogP contribution in [0.25, 0.3) is 10.9 Å². The van der Waals surface area contributed by atoms with Gasteiger partial charge in [-0.15, -0.1) is 0 Å². The Morgan fingerprint density at radius 3 is 2.69 bits per heavy atom. The van der Waals surface area contributed by atoms with Gasteiger partial charge in [0.2, 0.25) is 5.91 Å². The fraction of sp³-hybridized carbons (Fsp3) is 0.200. The Labute approximate surface area is 149 Å². The number of para-hydroxylation sites is 1. The maximum Gasteiger partial charge on any atom is 0.251 e. The van der Waals surface area contributed by atoms with Crippen LogP contribution in [-0.2, 0) is 16.0 Å². The molecule has 2 aromatic carbocycles. The monoisotopic (exact) mass is 351 g/mol. The lowest BCUT2D eigenvalue weighted by atomic mass is 10.1. The molecule has 3 aromatic rings. The standard InChI is InChI=1S/C20H18FN3O2/c21-14-5-7-15(8-6-14)24-19(25)11-18(20(24)26)22-10-9-13-12-23-17-4-2-1-3-16(13)17/h1-8,12,18,22-23H,9-11H2/t18-/m1/s1. The molecular formula is C20H18FN3O2. The molecule has 1 aliphatic rings. The molecular weight excluding hydrogens is 333 g/mol. The first-order valence-corrected chi connectivity index (χ1v) is 8.54. The minimum absolute atomic E-state index is 0.115. The summed E-state index contributed by atoms with van der Waals surface area (Å²) in [6.07, 6.45) is 2.83. The number of halogens is 1. The number of H-pyrrole nitrogens is 1. The number of anilines is 1. The lowest BCUT2D eigenvalue weighted by Gasteiger charge is -2.15. The van der Waals surface area contributed by atoms with Gasteiger partial charge in [0.25, 0.3) is 5.91 Å². The van der Waals surface area contributed by atoms with Gasteiger partial charge in [-0.3, -0.25) is 9.59 Å². The number of carbonyl (C=O) groups excluding carboxylic acids is 2. The summed E-state index contributed by atoms with van der Waals surface area (Å²) in [4.78, 5) is 29.1. The van der Waals surface area contributed by atoms with E-state index in [1.807, 2.05) is 24.4 Å². The van der Waals surface area contributed by atoms with E-state index in [1.54, 1.807) is 0 Å². The number of nitrogens with zero attached hydrogens (tertiary/aromatic N) is 1. The third-order valence-corrected chi connectivity index (χ3v) is 4.69. The van der Waals surface area contributed by atoms with Crippen LogP contribution in [0.2, 0.25) is 0 Å². The van der Waals surface area contributed by atoms with E-state index in [4.69, 9.17) is 0 Å². The van der Waals surface area contributed by atoms with Crippen LogP contribution in [0.1, 0.15) is 12.0 Å². The Kier molecular flexibility index (Phi) is 4.26. The highest BCUT2D eigenvalue weighted by Crippen LogP contribution is 2.23. The predicted octanol–water partition coefficient (Wildman–Crippen LogP) is 2.77. The molecule has 0 radical (unpaired) electrons. The topological polar surface area (TPSA) is 65.2 Å². The first kappa shape index (κ1) is 16.5. The van der Waals surface area contributed by atoms with E-state index in [0.717, 1.165) is 22.2 Å². The summed E-state index contributed by atoms with van der Waals surface area (Å²) in [5.74, 6) is -0.965. The number of imide groups is 1. The normalized spacial score (nSPS) is 17.4. The predicted molar refractivity (Wildman–Crippen MR) is 97.3 cm³/mol. The molecule has 0 unspecified atom stereocenters. The average Bonchev–Trinajstić information content (AvgIpc) is 3.17. The van der Waals surface area contributed by atoms with Crippen molar-refractivity contribution in [2.75, 3.05) is 11.4 Å². The van der Waals surface area contributed by atoms with Gasteiger partial charge >= 0.3 is 0 Å². The van der Waals surface area contributed by atoms with Gasteiger partial charge < -0.3 is 10.3 Å². The molecule has 132 valence electrons. The van der Waals surface area contributed by atoms with Crippen molar-refractivity contribution >= 4 is 28.4 Å². The molecule has 2 heterocycles. The van der Waals surface area contributed by atoms with Crippen molar-refractivity contribution in [3.8, 4) is 0 Å². The number of hydrogen-bond donors (Lipinski definition) is 2. The Balaban J connectivity index is 1.40. The number of fused-ring (bicyclic) bond motifs is 1. The summed E-state index contributed by atoms with van der Waals surface area (Å²) in [7, 11) is 0. The number of nitrogens with one attached hydrogen (secondary N) is 2. The molecule has 1 atom stereocenters. The minimum atomic E-state index is -0.544. The fourth-order valence-electron chi connectivity index (χ4n) is 3.37. The maximum atomic E-state index is 13.1. The van der Waals surface area contributed by atoms with Crippen molar-refractivity contribution in [2.24, 2.45) is 0 Å². The number of hydrogen-bond acceptors (Lipinski definition) is 3. The van der Waals surface area contributed by atoms with Crippen molar-refractivity contribution in [1.29, 1.82) is 0 Å². The molecule has 0 saturated carbocycles. The van der Waals surface area contributed by atoms with Gasteiger partial charge in [-0.25, -0.2) is 9.29 Å². The van der Waals surface area contributed by atoms with E-state index in [1.165, 1.54) is 29.8 Å². The smallest absolute Gasteiger partial charge is 0.251 e. The lowest BCUT2D eigenvalue weighted by molar-refractivity contribution is -0.121. The van der Waals surface area contributed by atoms with Crippen LogP contribution < -0.4 is 10.2 Å². The number of rotatable bonds is 5. The van der Waals surface area contributed by atoms with Gasteiger partial charge in [-0.05, 0) is 42.3 Å². The maximum absolute atomic E-state index is 13.1. The van der Waals surface area contributed by atoms with Gasteiger partial charge in [-0.1, -0.05) is 18.2 Å². The van der Waals surface area contributed by atoms with Crippen LogP contribution in [0.3, 0.4) is 0 Å². The van der Waals surface area contributed by atoms with Gasteiger partial charge in [0.1, 0.15) is 5.82 Å². The van der Waals surface area contributed by atoms with Gasteiger partial charge in [0.15, 0.2) is 0 Å². The largest absolute Gasteiger partial charge is 0.361 e. The van der Waals surface area contributed by atoms with Gasteiger partial charge in [0.05, 0.1) is 18.2 Å². The summed E-state index contributed by atoms with van der Waals surface area (Å²) in [6, 6.07) is 12.9. The molecule has 4 rings (SSSR count). The zero-order chi connectivity index (χ0) is 18.1. The van der Waals surface area contributed by atoms with Gasteiger partial charge in [-0.2, -0.15) is 0 Å². The zero-order valence-corrected chi connectivity index (χ0v) is 14.0. The number of aromatic nitrogens is 1. The van der Waals surface area contributed by atoms with Crippen molar-refractivity contribution in [3.05, 3.63) is 66.1 Å². The van der Waals surface area contributed by atoms with Crippen molar-refractivity contribution in [2.45, 2.75) is 18.9 Å². The number of aromatic amines is 1. The minimum Gasteiger partial charge on any atom is -0.361 e. The molecule has 5 nitrogen and oxygen atoms in total. The molecule has 1 aliphatic heterocycles. The first-order valence-electron chi connectivity index (χ1n) is 8.54. The van der Waals surface area contributed by atoms with Crippen LogP contribution in [0.15, 0.2) is 54.7 Å². The van der Waals surface area contributed by atoms with Crippen LogP contribution in [0.5, 0.6) is 0 Å². The molecule has 6 heteroatoms. The Bertz CT molecular complexity index is 965. The van der Waals surface area contributed by atoms with Crippen LogP contribution >= 0.6 is 0 Å². The van der Waals surface area contributed by atoms with Crippen LogP contribution in [-0.4, -0.2) is 29.4 Å². The lowest BCUT2D eigenvalue weighted by Crippen LogP contribution is -2.39. The highest BCUT2D eigenvalue weighted by Gasteiger charge is 2.39. The molecule has 26 heavy (non-hydrogen) atoms. The van der Waals surface area contributed by atoms with E-state index in [9.17, 15) is 14.0 Å². The van der Waals surface area contributed by atoms with Crippen LogP contribution in [0, 0.1) is 5.82 Å². The zero-order valence-electron chi connectivity index (χ0n) is 14.0. The number of amides is 2. The summed E-state index contributed by atoms with van der Waals surface area (Å²) >= 11 is 0. The summed E-state index contributed by atoms with van der Waals surface area (Å²) in [5.41, 5.74) is 2.65. The first-order chi connectivity index (χ1) is 12.6. The molecule has 2 amide bonds. The molecule has 1 fully saturated rings. The third kappa shape index (κ3) is 2.99. The quantitative estimate of drug-likeness (QED) is 0.695. The van der Waals surface area contributed by atoms with E-state index < -0.39 is 11.9 Å². The summed E-state index contributed by atoms with van der Waals surface area (Å²) in [6.45, 7) is 0.586. The molecule has 0 aliphatic carbocycles. The Hall–Kier alpha value is -2.99.